The first-order chi connectivity index (χ1) is 16.7. The summed E-state index contributed by atoms with van der Waals surface area (Å²) < 4.78 is 25.7. The smallest absolute Gasteiger partial charge is 0.285 e. The molecule has 35 heavy (non-hydrogen) atoms. The maximum atomic E-state index is 12.4. The number of nitrogens with one attached hydrogen (secondary N) is 1. The Morgan fingerprint density at radius 1 is 1.03 bits per heavy atom. The summed E-state index contributed by atoms with van der Waals surface area (Å²) in [6.07, 6.45) is 0.155. The average molecular weight is 535 g/mol. The Hall–Kier alpha value is -3.18. The summed E-state index contributed by atoms with van der Waals surface area (Å²) in [5, 5.41) is 13.1. The van der Waals surface area contributed by atoms with Crippen LogP contribution >= 0.6 is 23.2 Å². The number of aromatic nitrogens is 3. The molecule has 2 aromatic heterocycles. The van der Waals surface area contributed by atoms with Crippen molar-refractivity contribution in [1.82, 2.24) is 14.7 Å². The van der Waals surface area contributed by atoms with Gasteiger partial charge >= 0.3 is 0 Å². The molecule has 0 aliphatic rings. The molecule has 4 aromatic rings. The van der Waals surface area contributed by atoms with Gasteiger partial charge in [0.1, 0.15) is 7.11 Å². The zero-order valence-electron chi connectivity index (χ0n) is 18.4. The van der Waals surface area contributed by atoms with Crippen LogP contribution in [0.1, 0.15) is 6.42 Å². The lowest BCUT2D eigenvalue weighted by atomic mass is 10.1. The highest BCUT2D eigenvalue weighted by atomic mass is 35.5. The number of fused-ring (bicyclic) bond motifs is 1. The molecule has 0 bridgehead atoms. The summed E-state index contributed by atoms with van der Waals surface area (Å²) in [5.74, 6) is -0.0450. The van der Waals surface area contributed by atoms with Crippen molar-refractivity contribution in [3.8, 4) is 11.3 Å². The molecule has 0 atom stereocenters. The first-order valence-electron chi connectivity index (χ1n) is 10.4. The fraction of sp³-hybridized carbons (Fsp3) is 0.174. The molecule has 4 rings (SSSR count). The van der Waals surface area contributed by atoms with E-state index in [9.17, 15) is 13.2 Å². The Bertz CT molecular complexity index is 1540. The average Bonchev–Trinajstić information content (AvgIpc) is 2.83. The molecular formula is C23H20Cl2N4O5S. The monoisotopic (exact) mass is 534 g/mol. The number of sulfone groups is 1. The Kier molecular flexibility index (Phi) is 7.27. The number of pyridine rings is 1. The van der Waals surface area contributed by atoms with E-state index < -0.39 is 15.4 Å². The number of aliphatic hydroxyl groups excluding tert-OH is 1. The number of rotatable bonds is 8. The van der Waals surface area contributed by atoms with Crippen molar-refractivity contribution >= 4 is 55.7 Å². The van der Waals surface area contributed by atoms with Gasteiger partial charge in [-0.3, -0.25) is 4.79 Å². The van der Waals surface area contributed by atoms with Crippen LogP contribution in [-0.4, -0.2) is 47.7 Å². The maximum absolute atomic E-state index is 12.4. The summed E-state index contributed by atoms with van der Waals surface area (Å²) in [6.45, 7) is -0.206. The lowest BCUT2D eigenvalue weighted by Crippen LogP contribution is -2.25. The largest absolute Gasteiger partial charge is 0.412 e. The molecule has 0 aliphatic heterocycles. The molecule has 2 N–H and O–H groups in total. The topological polar surface area (TPSA) is 123 Å². The van der Waals surface area contributed by atoms with Gasteiger partial charge in [-0.2, -0.15) is 4.98 Å². The zero-order valence-corrected chi connectivity index (χ0v) is 20.7. The standard InChI is InChI=1S/C23H20Cl2N4O5S/c1-34-29-19(31)11-10-16-21(20-17(24)4-2-5-18(20)25)27-23(28-22(16)29)26-14-6-8-15(9-7-14)35(32,33)13-3-12-30/h2,4-11,30H,3,12-13H2,1H3,(H,26,27,28). The number of nitrogens with zero attached hydrogens (tertiary/aromatic N) is 3. The van der Waals surface area contributed by atoms with Gasteiger partial charge in [-0.15, -0.1) is 4.73 Å². The van der Waals surface area contributed by atoms with Gasteiger partial charge in [-0.05, 0) is 48.9 Å². The van der Waals surface area contributed by atoms with Crippen LogP contribution in [0.2, 0.25) is 10.0 Å². The third kappa shape index (κ3) is 5.10. The van der Waals surface area contributed by atoms with Crippen molar-refractivity contribution < 1.29 is 18.4 Å². The van der Waals surface area contributed by atoms with E-state index in [4.69, 9.17) is 33.1 Å². The third-order valence-electron chi connectivity index (χ3n) is 5.13. The number of benzene rings is 2. The van der Waals surface area contributed by atoms with Gasteiger partial charge < -0.3 is 15.3 Å². The second-order valence-corrected chi connectivity index (χ2v) is 10.3. The Labute approximate surface area is 210 Å². The molecule has 0 aliphatic carbocycles. The van der Waals surface area contributed by atoms with Crippen molar-refractivity contribution in [2.75, 3.05) is 24.8 Å². The minimum atomic E-state index is -3.51. The molecule has 2 heterocycles. The van der Waals surface area contributed by atoms with Crippen LogP contribution in [0.15, 0.2) is 64.3 Å². The lowest BCUT2D eigenvalue weighted by molar-refractivity contribution is 0.167. The van der Waals surface area contributed by atoms with Crippen molar-refractivity contribution in [2.45, 2.75) is 11.3 Å². The molecule has 0 radical (unpaired) electrons. The summed E-state index contributed by atoms with van der Waals surface area (Å²) >= 11 is 12.9. The van der Waals surface area contributed by atoms with Crippen molar-refractivity contribution in [3.05, 3.63) is 75.0 Å². The number of hydrogen-bond donors (Lipinski definition) is 2. The van der Waals surface area contributed by atoms with E-state index in [0.717, 1.165) is 4.73 Å². The predicted octanol–water partition coefficient (Wildman–Crippen LogP) is 3.72. The summed E-state index contributed by atoms with van der Waals surface area (Å²) in [7, 11) is -2.17. The van der Waals surface area contributed by atoms with Crippen molar-refractivity contribution in [2.24, 2.45) is 0 Å². The molecule has 0 fully saturated rings. The van der Waals surface area contributed by atoms with Gasteiger partial charge in [-0.1, -0.05) is 29.3 Å². The van der Waals surface area contributed by atoms with E-state index in [0.29, 0.717) is 32.4 Å². The number of hydrogen-bond acceptors (Lipinski definition) is 8. The Balaban J connectivity index is 1.82. The van der Waals surface area contributed by atoms with E-state index >= 15 is 0 Å². The number of anilines is 2. The van der Waals surface area contributed by atoms with E-state index in [1.807, 2.05) is 0 Å². The van der Waals surface area contributed by atoms with Crippen LogP contribution in [0.5, 0.6) is 0 Å². The summed E-state index contributed by atoms with van der Waals surface area (Å²) in [6, 6.07) is 14.0. The highest BCUT2D eigenvalue weighted by Crippen LogP contribution is 2.37. The number of halogens is 2. The Morgan fingerprint density at radius 3 is 2.34 bits per heavy atom. The first kappa shape index (κ1) is 24.9. The van der Waals surface area contributed by atoms with Crippen LogP contribution in [0.4, 0.5) is 11.6 Å². The molecule has 182 valence electrons. The molecule has 0 spiro atoms. The van der Waals surface area contributed by atoms with Gasteiger partial charge in [-0.25, -0.2) is 13.4 Å². The van der Waals surface area contributed by atoms with Gasteiger partial charge in [0, 0.05) is 29.3 Å². The van der Waals surface area contributed by atoms with Crippen LogP contribution in [0.3, 0.4) is 0 Å². The normalized spacial score (nSPS) is 11.5. The van der Waals surface area contributed by atoms with Crippen LogP contribution in [-0.2, 0) is 9.84 Å². The molecule has 0 unspecified atom stereocenters. The molecule has 9 nitrogen and oxygen atoms in total. The van der Waals surface area contributed by atoms with Crippen molar-refractivity contribution in [3.63, 3.8) is 0 Å². The first-order valence-corrected chi connectivity index (χ1v) is 12.8. The fourth-order valence-corrected chi connectivity index (χ4v) is 5.36. The molecule has 0 saturated heterocycles. The zero-order chi connectivity index (χ0) is 25.2. The van der Waals surface area contributed by atoms with Gasteiger partial charge in [0.05, 0.1) is 26.4 Å². The maximum Gasteiger partial charge on any atom is 0.285 e. The van der Waals surface area contributed by atoms with Crippen LogP contribution in [0.25, 0.3) is 22.3 Å². The molecule has 0 saturated carbocycles. The SMILES string of the molecule is COn1c(=O)ccc2c(-c3c(Cl)cccc3Cl)nc(Nc3ccc(S(=O)(=O)CCCO)cc3)nc21. The van der Waals surface area contributed by atoms with Gasteiger partial charge in [0.2, 0.25) is 5.95 Å². The van der Waals surface area contributed by atoms with Crippen LogP contribution in [0, 0.1) is 0 Å². The predicted molar refractivity (Wildman–Crippen MR) is 135 cm³/mol. The highest BCUT2D eigenvalue weighted by molar-refractivity contribution is 7.91. The molecular weight excluding hydrogens is 515 g/mol. The van der Waals surface area contributed by atoms with Crippen molar-refractivity contribution in [1.29, 1.82) is 0 Å². The number of aliphatic hydroxyl groups is 1. The summed E-state index contributed by atoms with van der Waals surface area (Å²) in [4.78, 5) is 26.8. The van der Waals surface area contributed by atoms with E-state index in [1.165, 1.54) is 25.3 Å². The Morgan fingerprint density at radius 2 is 1.71 bits per heavy atom. The highest BCUT2D eigenvalue weighted by Gasteiger charge is 2.19. The molecule has 2 aromatic carbocycles. The van der Waals surface area contributed by atoms with Crippen LogP contribution < -0.4 is 15.7 Å². The minimum Gasteiger partial charge on any atom is -0.412 e. The van der Waals surface area contributed by atoms with Gasteiger partial charge in [0.15, 0.2) is 15.5 Å². The van der Waals surface area contributed by atoms with E-state index in [-0.39, 0.29) is 35.3 Å². The van der Waals surface area contributed by atoms with E-state index in [1.54, 1.807) is 36.4 Å². The van der Waals surface area contributed by atoms with E-state index in [2.05, 4.69) is 15.3 Å². The second kappa shape index (κ2) is 10.2. The summed E-state index contributed by atoms with van der Waals surface area (Å²) in [5.41, 5.74) is 1.09. The quantitative estimate of drug-likeness (QED) is 0.350. The minimum absolute atomic E-state index is 0.107. The third-order valence-corrected chi connectivity index (χ3v) is 7.58. The fourth-order valence-electron chi connectivity index (χ4n) is 3.49. The second-order valence-electron chi connectivity index (χ2n) is 7.42. The van der Waals surface area contributed by atoms with Gasteiger partial charge in [0.25, 0.3) is 5.56 Å². The molecule has 0 amide bonds. The lowest BCUT2D eigenvalue weighted by Gasteiger charge is -2.14. The molecule has 12 heteroatoms.